The second-order valence-electron chi connectivity index (χ2n) is 7.02. The van der Waals surface area contributed by atoms with Crippen LogP contribution >= 0.6 is 22.9 Å². The summed E-state index contributed by atoms with van der Waals surface area (Å²) in [5, 5.41) is 20.0. The van der Waals surface area contributed by atoms with Crippen molar-refractivity contribution >= 4 is 34.6 Å². The van der Waals surface area contributed by atoms with Crippen LogP contribution in [-0.2, 0) is 0 Å². The van der Waals surface area contributed by atoms with E-state index in [0.717, 1.165) is 22.4 Å². The highest BCUT2D eigenvalue weighted by Crippen LogP contribution is 2.51. The van der Waals surface area contributed by atoms with Gasteiger partial charge in [-0.1, -0.05) is 34.9 Å². The molecular weight excluding hydrogens is 425 g/mol. The molecule has 2 atom stereocenters. The van der Waals surface area contributed by atoms with Crippen LogP contribution in [0.15, 0.2) is 64.9 Å². The summed E-state index contributed by atoms with van der Waals surface area (Å²) in [6.45, 7) is 0. The number of benzene rings is 2. The zero-order chi connectivity index (χ0) is 20.2. The number of hydrogen-bond acceptors (Lipinski definition) is 6. The largest absolute Gasteiger partial charge is 0.480 e. The molecule has 0 aliphatic carbocycles. The number of halogens is 2. The molecule has 0 amide bonds. The molecule has 2 aromatic carbocycles. The molecule has 0 radical (unpaired) electrons. The van der Waals surface area contributed by atoms with Crippen LogP contribution < -0.4 is 10.1 Å². The molecule has 30 heavy (non-hydrogen) atoms. The number of nitrogens with one attached hydrogen (secondary N) is 1. The van der Waals surface area contributed by atoms with Gasteiger partial charge in [-0.15, -0.1) is 0 Å². The van der Waals surface area contributed by atoms with Gasteiger partial charge in [0.05, 0.1) is 5.70 Å². The van der Waals surface area contributed by atoms with Crippen molar-refractivity contribution in [1.29, 1.82) is 0 Å². The van der Waals surface area contributed by atoms with Gasteiger partial charge in [-0.3, -0.25) is 0 Å². The second-order valence-corrected chi connectivity index (χ2v) is 8.24. The van der Waals surface area contributed by atoms with Gasteiger partial charge in [0, 0.05) is 27.3 Å². The third-order valence-corrected chi connectivity index (χ3v) is 6.28. The average Bonchev–Trinajstić information content (AvgIpc) is 3.44. The van der Waals surface area contributed by atoms with Crippen molar-refractivity contribution in [2.24, 2.45) is 0 Å². The van der Waals surface area contributed by atoms with E-state index in [0.29, 0.717) is 22.3 Å². The molecule has 6 rings (SSSR count). The zero-order valence-electron chi connectivity index (χ0n) is 15.3. The summed E-state index contributed by atoms with van der Waals surface area (Å²) in [4.78, 5) is 0. The van der Waals surface area contributed by atoms with Crippen molar-refractivity contribution in [2.75, 3.05) is 5.32 Å². The van der Waals surface area contributed by atoms with E-state index in [9.17, 15) is 4.39 Å². The van der Waals surface area contributed by atoms with Crippen LogP contribution in [-0.4, -0.2) is 20.2 Å². The summed E-state index contributed by atoms with van der Waals surface area (Å²) in [6, 6.07) is 13.6. The summed E-state index contributed by atoms with van der Waals surface area (Å²) in [5.41, 5.74) is 3.85. The number of fused-ring (bicyclic) bond motifs is 3. The van der Waals surface area contributed by atoms with Crippen molar-refractivity contribution in [1.82, 2.24) is 20.2 Å². The normalized spacial score (nSPS) is 19.4. The predicted octanol–water partition coefficient (Wildman–Crippen LogP) is 5.09. The minimum atomic E-state index is -0.579. The maximum atomic E-state index is 15.0. The molecule has 9 heteroatoms. The number of anilines is 1. The second kappa shape index (κ2) is 6.65. The Hall–Kier alpha value is -3.23. The van der Waals surface area contributed by atoms with Crippen LogP contribution in [0.3, 0.4) is 0 Å². The number of hydrogen-bond donors (Lipinski definition) is 1. The van der Waals surface area contributed by atoms with Crippen molar-refractivity contribution in [2.45, 2.75) is 12.1 Å². The molecular formula is C21H13ClFN5OS. The molecule has 2 aliphatic rings. The van der Waals surface area contributed by atoms with E-state index in [2.05, 4.69) is 20.8 Å². The molecule has 4 aromatic rings. The molecule has 6 nitrogen and oxygen atoms in total. The van der Waals surface area contributed by atoms with Gasteiger partial charge in [-0.2, -0.15) is 16.0 Å². The fourth-order valence-electron chi connectivity index (χ4n) is 4.06. The third-order valence-electron chi connectivity index (χ3n) is 5.34. The number of ether oxygens (including phenoxy) is 1. The minimum Gasteiger partial charge on any atom is -0.480 e. The van der Waals surface area contributed by atoms with E-state index in [4.69, 9.17) is 16.3 Å². The standard InChI is InChI=1S/C21H13ClFN5OS/c22-12-5-6-16-14(9-12)18-17(20(29-16)11-7-8-30-10-11)19(13-3-1-2-4-15(13)23)28-21(24-18)25-26-27-28/h1-10,19-20H,(H,24,25,27)/t19-,20-/m1/s1. The van der Waals surface area contributed by atoms with Crippen LogP contribution in [0.25, 0.3) is 5.70 Å². The first-order chi connectivity index (χ1) is 14.7. The van der Waals surface area contributed by atoms with Crippen LogP contribution in [0.5, 0.6) is 5.75 Å². The van der Waals surface area contributed by atoms with Gasteiger partial charge in [-0.25, -0.2) is 4.39 Å². The van der Waals surface area contributed by atoms with E-state index < -0.39 is 12.1 Å². The summed E-state index contributed by atoms with van der Waals surface area (Å²) >= 11 is 7.87. The Labute approximate surface area is 179 Å². The van der Waals surface area contributed by atoms with Crippen molar-refractivity contribution < 1.29 is 9.13 Å². The van der Waals surface area contributed by atoms with E-state index in [1.807, 2.05) is 29.0 Å². The molecule has 2 aromatic heterocycles. The van der Waals surface area contributed by atoms with Crippen molar-refractivity contribution in [3.8, 4) is 5.75 Å². The van der Waals surface area contributed by atoms with Gasteiger partial charge in [0.15, 0.2) is 6.10 Å². The average molecular weight is 438 g/mol. The first-order valence-corrected chi connectivity index (χ1v) is 10.5. The molecule has 0 spiro atoms. The number of nitrogens with zero attached hydrogens (tertiary/aromatic N) is 4. The number of aromatic nitrogens is 4. The molecule has 0 bridgehead atoms. The Morgan fingerprint density at radius 2 is 2.07 bits per heavy atom. The van der Waals surface area contributed by atoms with Gasteiger partial charge in [-0.05, 0) is 51.5 Å². The van der Waals surface area contributed by atoms with Gasteiger partial charge >= 0.3 is 0 Å². The first kappa shape index (κ1) is 17.6. The number of tetrazole rings is 1. The molecule has 0 saturated carbocycles. The van der Waals surface area contributed by atoms with Crippen LogP contribution in [0, 0.1) is 5.82 Å². The Morgan fingerprint density at radius 1 is 1.17 bits per heavy atom. The highest BCUT2D eigenvalue weighted by Gasteiger charge is 2.42. The Bertz CT molecular complexity index is 1300. The quantitative estimate of drug-likeness (QED) is 0.473. The molecule has 4 heterocycles. The monoisotopic (exact) mass is 437 g/mol. The summed E-state index contributed by atoms with van der Waals surface area (Å²) < 4.78 is 23.0. The molecule has 0 fully saturated rings. The molecule has 1 N–H and O–H groups in total. The predicted molar refractivity (Wildman–Crippen MR) is 112 cm³/mol. The first-order valence-electron chi connectivity index (χ1n) is 9.23. The van der Waals surface area contributed by atoms with Gasteiger partial charge in [0.25, 0.3) is 0 Å². The third kappa shape index (κ3) is 2.57. The minimum absolute atomic E-state index is 0.335. The van der Waals surface area contributed by atoms with Crippen molar-refractivity contribution in [3.63, 3.8) is 0 Å². The highest BCUT2D eigenvalue weighted by molar-refractivity contribution is 7.08. The fourth-order valence-corrected chi connectivity index (χ4v) is 4.90. The van der Waals surface area contributed by atoms with Crippen LogP contribution in [0.1, 0.15) is 28.8 Å². The topological polar surface area (TPSA) is 64.9 Å². The maximum Gasteiger partial charge on any atom is 0.248 e. The summed E-state index contributed by atoms with van der Waals surface area (Å²) in [6.07, 6.45) is -0.436. The van der Waals surface area contributed by atoms with Crippen molar-refractivity contribution in [3.05, 3.63) is 92.4 Å². The van der Waals surface area contributed by atoms with E-state index >= 15 is 0 Å². The van der Waals surface area contributed by atoms with Gasteiger partial charge in [0.1, 0.15) is 17.6 Å². The lowest BCUT2D eigenvalue weighted by molar-refractivity contribution is 0.222. The van der Waals surface area contributed by atoms with Crippen LogP contribution in [0.4, 0.5) is 10.3 Å². The smallest absolute Gasteiger partial charge is 0.248 e. The van der Waals surface area contributed by atoms with E-state index in [1.165, 1.54) is 6.07 Å². The molecule has 148 valence electrons. The van der Waals surface area contributed by atoms with E-state index in [-0.39, 0.29) is 5.82 Å². The number of rotatable bonds is 2. The summed E-state index contributed by atoms with van der Waals surface area (Å²) in [5.74, 6) is 0.785. The lowest BCUT2D eigenvalue weighted by Crippen LogP contribution is -2.32. The molecule has 0 saturated heterocycles. The maximum absolute atomic E-state index is 15.0. The zero-order valence-corrected chi connectivity index (χ0v) is 16.9. The lowest BCUT2D eigenvalue weighted by atomic mass is 9.85. The Morgan fingerprint density at radius 3 is 2.90 bits per heavy atom. The van der Waals surface area contributed by atoms with E-state index in [1.54, 1.807) is 40.3 Å². The molecule has 2 aliphatic heterocycles. The SMILES string of the molecule is Fc1ccccc1[C@@H]1C2=C(Nc3nnnn31)c1cc(Cl)ccc1O[C@@H]2c1ccsc1. The highest BCUT2D eigenvalue weighted by atomic mass is 35.5. The van der Waals surface area contributed by atoms with Crippen LogP contribution in [0.2, 0.25) is 5.02 Å². The van der Waals surface area contributed by atoms with Gasteiger partial charge < -0.3 is 10.1 Å². The fraction of sp³-hybridized carbons (Fsp3) is 0.0952. The lowest BCUT2D eigenvalue weighted by Gasteiger charge is -2.38. The molecule has 0 unspecified atom stereocenters. The number of thiophene rings is 1. The van der Waals surface area contributed by atoms with Gasteiger partial charge in [0.2, 0.25) is 5.95 Å². The Balaban J connectivity index is 1.67. The Kier molecular flexibility index (Phi) is 3.90. The summed E-state index contributed by atoms with van der Waals surface area (Å²) in [7, 11) is 0.